The van der Waals surface area contributed by atoms with E-state index in [2.05, 4.69) is 10.3 Å². The molecule has 1 heterocycles. The number of aryl methyl sites for hydroxylation is 1. The second kappa shape index (κ2) is 10.5. The van der Waals surface area contributed by atoms with Crippen LogP contribution in [-0.4, -0.2) is 30.2 Å². The number of carbonyl (C=O) groups excluding carboxylic acids is 1. The van der Waals surface area contributed by atoms with Gasteiger partial charge in [-0.1, -0.05) is 49.7 Å². The van der Waals surface area contributed by atoms with E-state index in [0.717, 1.165) is 18.4 Å². The van der Waals surface area contributed by atoms with Crippen LogP contribution < -0.4 is 20.3 Å². The molecule has 0 saturated carbocycles. The molecule has 0 aliphatic heterocycles. The van der Waals surface area contributed by atoms with Crippen LogP contribution in [0.25, 0.3) is 11.1 Å². The fourth-order valence-electron chi connectivity index (χ4n) is 3.62. The van der Waals surface area contributed by atoms with E-state index in [4.69, 9.17) is 9.47 Å². The zero-order chi connectivity index (χ0) is 23.1. The van der Waals surface area contributed by atoms with Gasteiger partial charge in [0.1, 0.15) is 22.8 Å². The number of hydrogen-bond acceptors (Lipinski definition) is 5. The quantitative estimate of drug-likeness (QED) is 0.470. The molecule has 3 rings (SSSR count). The van der Waals surface area contributed by atoms with Gasteiger partial charge < -0.3 is 24.9 Å². The Balaban J connectivity index is 2.14. The summed E-state index contributed by atoms with van der Waals surface area (Å²) < 4.78 is 11.0. The highest BCUT2D eigenvalue weighted by atomic mass is 16.5. The summed E-state index contributed by atoms with van der Waals surface area (Å²) in [5, 5.41) is 13.9. The van der Waals surface area contributed by atoms with Crippen LogP contribution >= 0.6 is 0 Å². The summed E-state index contributed by atoms with van der Waals surface area (Å²) in [6.07, 6.45) is 2.20. The standard InChI is InChI=1S/C25H28N2O5/c1-4-5-12-17-20(21-18(31-2)13-9-14-19(21)32-3)23(28)22(25(30)27-17)24(29)26-15-16-10-7-6-8-11-16/h6-11,13-14H,4-5,12,15H2,1-3H3,(H,26,29)(H2,27,28,30). The number of benzene rings is 2. The number of hydrogen-bond donors (Lipinski definition) is 3. The summed E-state index contributed by atoms with van der Waals surface area (Å²) in [5.74, 6) is -0.141. The zero-order valence-corrected chi connectivity index (χ0v) is 18.5. The van der Waals surface area contributed by atoms with Gasteiger partial charge in [-0.05, 0) is 30.5 Å². The molecule has 3 aromatic rings. The van der Waals surface area contributed by atoms with Gasteiger partial charge in [-0.2, -0.15) is 0 Å². The first-order valence-electron chi connectivity index (χ1n) is 10.5. The maximum absolute atomic E-state index is 12.9. The smallest absolute Gasteiger partial charge is 0.264 e. The molecule has 7 nitrogen and oxygen atoms in total. The molecule has 32 heavy (non-hydrogen) atoms. The third kappa shape index (κ3) is 4.77. The molecule has 3 N–H and O–H groups in total. The Kier molecular flexibility index (Phi) is 7.54. The highest BCUT2D eigenvalue weighted by Gasteiger charge is 2.27. The lowest BCUT2D eigenvalue weighted by Gasteiger charge is -2.19. The number of methoxy groups -OCH3 is 2. The van der Waals surface area contributed by atoms with Crippen LogP contribution in [0.15, 0.2) is 53.3 Å². The van der Waals surface area contributed by atoms with Gasteiger partial charge in [-0.3, -0.25) is 9.59 Å². The topological polar surface area (TPSA) is 101 Å². The van der Waals surface area contributed by atoms with Crippen LogP contribution in [0, 0.1) is 0 Å². The lowest BCUT2D eigenvalue weighted by atomic mass is 9.95. The number of aromatic hydroxyl groups is 1. The van der Waals surface area contributed by atoms with E-state index in [-0.39, 0.29) is 12.1 Å². The van der Waals surface area contributed by atoms with E-state index in [9.17, 15) is 14.7 Å². The zero-order valence-electron chi connectivity index (χ0n) is 18.5. The molecule has 0 radical (unpaired) electrons. The Hall–Kier alpha value is -3.74. The predicted molar refractivity (Wildman–Crippen MR) is 123 cm³/mol. The van der Waals surface area contributed by atoms with Crippen molar-refractivity contribution in [3.63, 3.8) is 0 Å². The minimum absolute atomic E-state index is 0.226. The van der Waals surface area contributed by atoms with Crippen LogP contribution in [0.1, 0.15) is 41.4 Å². The summed E-state index contributed by atoms with van der Waals surface area (Å²) in [4.78, 5) is 28.6. The predicted octanol–water partition coefficient (Wildman–Crippen LogP) is 4.04. The van der Waals surface area contributed by atoms with E-state index in [0.29, 0.717) is 34.7 Å². The number of nitrogens with one attached hydrogen (secondary N) is 2. The Bertz CT molecular complexity index is 1120. The molecule has 0 bridgehead atoms. The molecular weight excluding hydrogens is 408 g/mol. The van der Waals surface area contributed by atoms with Gasteiger partial charge in [0.15, 0.2) is 0 Å². The van der Waals surface area contributed by atoms with Gasteiger partial charge >= 0.3 is 0 Å². The average molecular weight is 437 g/mol. The van der Waals surface area contributed by atoms with E-state index in [1.807, 2.05) is 37.3 Å². The van der Waals surface area contributed by atoms with Crippen LogP contribution in [0.2, 0.25) is 0 Å². The minimum atomic E-state index is -0.662. The Labute approximate surface area is 187 Å². The van der Waals surface area contributed by atoms with Gasteiger partial charge in [0.2, 0.25) is 0 Å². The second-order valence-electron chi connectivity index (χ2n) is 7.34. The van der Waals surface area contributed by atoms with Crippen molar-refractivity contribution < 1.29 is 19.4 Å². The number of unbranched alkanes of at least 4 members (excludes halogenated alkanes) is 1. The summed E-state index contributed by atoms with van der Waals surface area (Å²) in [7, 11) is 3.03. The number of rotatable bonds is 9. The maximum atomic E-state index is 12.9. The van der Waals surface area contributed by atoms with Crippen molar-refractivity contribution in [3.8, 4) is 28.4 Å². The molecule has 0 spiro atoms. The highest BCUT2D eigenvalue weighted by Crippen LogP contribution is 2.44. The van der Waals surface area contributed by atoms with Crippen molar-refractivity contribution in [1.29, 1.82) is 0 Å². The first-order valence-corrected chi connectivity index (χ1v) is 10.5. The van der Waals surface area contributed by atoms with Crippen LogP contribution in [0.5, 0.6) is 17.2 Å². The maximum Gasteiger partial charge on any atom is 0.264 e. The van der Waals surface area contributed by atoms with E-state index in [1.54, 1.807) is 18.2 Å². The molecule has 0 unspecified atom stereocenters. The summed E-state index contributed by atoms with van der Waals surface area (Å²) in [6, 6.07) is 14.6. The van der Waals surface area contributed by atoms with Crippen molar-refractivity contribution in [2.24, 2.45) is 0 Å². The monoisotopic (exact) mass is 436 g/mol. The first kappa shape index (κ1) is 22.9. The summed E-state index contributed by atoms with van der Waals surface area (Å²) in [5.41, 5.74) is 1.23. The molecular formula is C25H28N2O5. The van der Waals surface area contributed by atoms with Gasteiger partial charge in [0, 0.05) is 12.2 Å². The Morgan fingerprint density at radius 1 is 1.00 bits per heavy atom. The molecule has 0 fully saturated rings. The van der Waals surface area contributed by atoms with Crippen molar-refractivity contribution in [2.75, 3.05) is 14.2 Å². The minimum Gasteiger partial charge on any atom is -0.506 e. The van der Waals surface area contributed by atoms with Gasteiger partial charge in [0.05, 0.1) is 25.3 Å². The highest BCUT2D eigenvalue weighted by molar-refractivity contribution is 6.00. The van der Waals surface area contributed by atoms with Crippen molar-refractivity contribution >= 4 is 5.91 Å². The van der Waals surface area contributed by atoms with E-state index < -0.39 is 17.2 Å². The molecule has 7 heteroatoms. The number of pyridine rings is 1. The summed E-state index contributed by atoms with van der Waals surface area (Å²) in [6.45, 7) is 2.26. The molecule has 0 saturated heterocycles. The molecule has 0 aliphatic carbocycles. The Morgan fingerprint density at radius 2 is 1.66 bits per heavy atom. The number of carbonyl (C=O) groups is 1. The molecule has 1 amide bonds. The van der Waals surface area contributed by atoms with Crippen LogP contribution in [0.3, 0.4) is 0 Å². The number of ether oxygens (including phenoxy) is 2. The lowest BCUT2D eigenvalue weighted by molar-refractivity contribution is 0.0946. The average Bonchev–Trinajstić information content (AvgIpc) is 2.81. The fraction of sp³-hybridized carbons (Fsp3) is 0.280. The van der Waals surface area contributed by atoms with Crippen LogP contribution in [0.4, 0.5) is 0 Å². The third-order valence-electron chi connectivity index (χ3n) is 5.25. The second-order valence-corrected chi connectivity index (χ2v) is 7.34. The number of aromatic nitrogens is 1. The molecule has 2 aromatic carbocycles. The third-order valence-corrected chi connectivity index (χ3v) is 5.25. The number of amides is 1. The van der Waals surface area contributed by atoms with Gasteiger partial charge in [-0.15, -0.1) is 0 Å². The lowest BCUT2D eigenvalue weighted by Crippen LogP contribution is -2.30. The first-order chi connectivity index (χ1) is 15.5. The van der Waals surface area contributed by atoms with Crippen LogP contribution in [-0.2, 0) is 13.0 Å². The van der Waals surface area contributed by atoms with E-state index >= 15 is 0 Å². The van der Waals surface area contributed by atoms with Gasteiger partial charge in [0.25, 0.3) is 11.5 Å². The SMILES string of the molecule is CCCCc1[nH]c(=O)c(C(=O)NCc2ccccc2)c(O)c1-c1c(OC)cccc1OC. The normalized spacial score (nSPS) is 10.6. The number of aromatic amines is 1. The molecule has 0 atom stereocenters. The largest absolute Gasteiger partial charge is 0.506 e. The fourth-order valence-corrected chi connectivity index (χ4v) is 3.62. The summed E-state index contributed by atoms with van der Waals surface area (Å²) >= 11 is 0. The molecule has 168 valence electrons. The molecule has 1 aromatic heterocycles. The van der Waals surface area contributed by atoms with Gasteiger partial charge in [-0.25, -0.2) is 0 Å². The molecule has 0 aliphatic rings. The van der Waals surface area contributed by atoms with Crippen molar-refractivity contribution in [1.82, 2.24) is 10.3 Å². The Morgan fingerprint density at radius 3 is 2.25 bits per heavy atom. The number of H-pyrrole nitrogens is 1. The van der Waals surface area contributed by atoms with Crippen molar-refractivity contribution in [3.05, 3.63) is 75.7 Å². The van der Waals surface area contributed by atoms with E-state index in [1.165, 1.54) is 14.2 Å². The van der Waals surface area contributed by atoms with Crippen molar-refractivity contribution in [2.45, 2.75) is 32.7 Å².